The number of thiophene rings is 2. The Morgan fingerprint density at radius 1 is 1.28 bits per heavy atom. The van der Waals surface area contributed by atoms with Crippen molar-refractivity contribution in [1.29, 1.82) is 0 Å². The fourth-order valence-electron chi connectivity index (χ4n) is 1.60. The fraction of sp³-hybridized carbons (Fsp3) is 0.308. The van der Waals surface area contributed by atoms with Gasteiger partial charge in [0.05, 0.1) is 18.0 Å². The molecule has 2 rings (SSSR count). The molecular formula is C13H15NO2S2. The van der Waals surface area contributed by atoms with Crippen molar-refractivity contribution in [3.8, 4) is 0 Å². The summed E-state index contributed by atoms with van der Waals surface area (Å²) >= 11 is 3.14. The fourth-order valence-corrected chi connectivity index (χ4v) is 3.01. The van der Waals surface area contributed by atoms with Crippen LogP contribution >= 0.6 is 22.7 Å². The summed E-state index contributed by atoms with van der Waals surface area (Å²) in [6, 6.07) is 7.81. The Bertz CT molecular complexity index is 465. The van der Waals surface area contributed by atoms with E-state index in [0.717, 1.165) is 4.88 Å². The van der Waals surface area contributed by atoms with Gasteiger partial charge in [-0.15, -0.1) is 22.7 Å². The standard InChI is InChI=1S/C13H15NO2S2/c1-16-7-6-14(10-11-4-2-8-17-11)13(15)12-5-3-9-18-12/h2-5,8-9H,6-7,10H2,1H3. The van der Waals surface area contributed by atoms with Crippen molar-refractivity contribution in [2.45, 2.75) is 6.54 Å². The lowest BCUT2D eigenvalue weighted by Crippen LogP contribution is -2.32. The predicted octanol–water partition coefficient (Wildman–Crippen LogP) is 3.10. The topological polar surface area (TPSA) is 29.5 Å². The van der Waals surface area contributed by atoms with E-state index in [1.54, 1.807) is 18.4 Å². The number of nitrogens with zero attached hydrogens (tertiary/aromatic N) is 1. The summed E-state index contributed by atoms with van der Waals surface area (Å²) in [5, 5.41) is 3.95. The van der Waals surface area contributed by atoms with Crippen LogP contribution in [0.3, 0.4) is 0 Å². The van der Waals surface area contributed by atoms with E-state index in [-0.39, 0.29) is 5.91 Å². The molecule has 0 unspecified atom stereocenters. The zero-order valence-corrected chi connectivity index (χ0v) is 11.8. The van der Waals surface area contributed by atoms with Crippen molar-refractivity contribution in [1.82, 2.24) is 4.90 Å². The maximum Gasteiger partial charge on any atom is 0.264 e. The second-order valence-electron chi connectivity index (χ2n) is 3.78. The summed E-state index contributed by atoms with van der Waals surface area (Å²) < 4.78 is 5.07. The van der Waals surface area contributed by atoms with Gasteiger partial charge in [-0.1, -0.05) is 12.1 Å². The molecule has 96 valence electrons. The van der Waals surface area contributed by atoms with Crippen LogP contribution < -0.4 is 0 Å². The number of carbonyl (C=O) groups is 1. The Hall–Kier alpha value is -1.17. The van der Waals surface area contributed by atoms with E-state index in [4.69, 9.17) is 4.74 Å². The number of hydrogen-bond acceptors (Lipinski definition) is 4. The van der Waals surface area contributed by atoms with E-state index in [1.807, 2.05) is 39.9 Å². The third kappa shape index (κ3) is 3.41. The van der Waals surface area contributed by atoms with E-state index < -0.39 is 0 Å². The molecule has 0 aliphatic heterocycles. The van der Waals surface area contributed by atoms with Crippen molar-refractivity contribution in [3.05, 3.63) is 44.8 Å². The van der Waals surface area contributed by atoms with Crippen LogP contribution in [-0.4, -0.2) is 31.1 Å². The van der Waals surface area contributed by atoms with Crippen molar-refractivity contribution in [2.75, 3.05) is 20.3 Å². The van der Waals surface area contributed by atoms with Gasteiger partial charge >= 0.3 is 0 Å². The van der Waals surface area contributed by atoms with Gasteiger partial charge < -0.3 is 9.64 Å². The lowest BCUT2D eigenvalue weighted by Gasteiger charge is -2.21. The highest BCUT2D eigenvalue weighted by molar-refractivity contribution is 7.12. The molecule has 0 fully saturated rings. The second-order valence-corrected chi connectivity index (χ2v) is 5.76. The average molecular weight is 281 g/mol. The summed E-state index contributed by atoms with van der Waals surface area (Å²) in [6.45, 7) is 1.82. The molecule has 0 atom stereocenters. The molecule has 5 heteroatoms. The van der Waals surface area contributed by atoms with Crippen molar-refractivity contribution >= 4 is 28.6 Å². The average Bonchev–Trinajstić information content (AvgIpc) is 3.06. The molecule has 0 N–H and O–H groups in total. The van der Waals surface area contributed by atoms with Gasteiger partial charge in [-0.3, -0.25) is 4.79 Å². The van der Waals surface area contributed by atoms with E-state index in [9.17, 15) is 4.79 Å². The molecule has 0 bridgehead atoms. The van der Waals surface area contributed by atoms with Crippen LogP contribution in [0.2, 0.25) is 0 Å². The van der Waals surface area contributed by atoms with Crippen LogP contribution in [0, 0.1) is 0 Å². The number of methoxy groups -OCH3 is 1. The molecule has 2 heterocycles. The summed E-state index contributed by atoms with van der Waals surface area (Å²) in [4.78, 5) is 16.1. The molecule has 18 heavy (non-hydrogen) atoms. The third-order valence-corrected chi connectivity index (χ3v) is 4.23. The first-order valence-corrected chi connectivity index (χ1v) is 7.41. The molecule has 1 amide bonds. The van der Waals surface area contributed by atoms with Crippen LogP contribution in [0.4, 0.5) is 0 Å². The van der Waals surface area contributed by atoms with E-state index in [1.165, 1.54) is 16.2 Å². The Kier molecular flexibility index (Phi) is 4.92. The molecule has 2 aromatic rings. The lowest BCUT2D eigenvalue weighted by molar-refractivity contribution is 0.0687. The van der Waals surface area contributed by atoms with E-state index in [0.29, 0.717) is 19.7 Å². The first-order valence-electron chi connectivity index (χ1n) is 5.65. The minimum absolute atomic E-state index is 0.0791. The Labute approximate surface area is 115 Å². The molecule has 0 saturated heterocycles. The molecule has 2 aromatic heterocycles. The highest BCUT2D eigenvalue weighted by Crippen LogP contribution is 2.16. The number of rotatable bonds is 6. The minimum atomic E-state index is 0.0791. The lowest BCUT2D eigenvalue weighted by atomic mass is 10.3. The number of ether oxygens (including phenoxy) is 1. The minimum Gasteiger partial charge on any atom is -0.383 e. The van der Waals surface area contributed by atoms with Crippen molar-refractivity contribution in [3.63, 3.8) is 0 Å². The Morgan fingerprint density at radius 2 is 2.06 bits per heavy atom. The first kappa shape index (κ1) is 13.3. The smallest absolute Gasteiger partial charge is 0.264 e. The molecule has 0 aliphatic carbocycles. The number of amides is 1. The number of carbonyl (C=O) groups excluding carboxylic acids is 1. The molecule has 0 saturated carbocycles. The highest BCUT2D eigenvalue weighted by atomic mass is 32.1. The quantitative estimate of drug-likeness (QED) is 0.814. The highest BCUT2D eigenvalue weighted by Gasteiger charge is 2.17. The van der Waals surface area contributed by atoms with Crippen molar-refractivity contribution < 1.29 is 9.53 Å². The Balaban J connectivity index is 2.07. The molecular weight excluding hydrogens is 266 g/mol. The van der Waals surface area contributed by atoms with Gasteiger partial charge in [0.15, 0.2) is 0 Å². The summed E-state index contributed by atoms with van der Waals surface area (Å²) in [7, 11) is 1.65. The largest absolute Gasteiger partial charge is 0.383 e. The third-order valence-electron chi connectivity index (χ3n) is 2.51. The van der Waals surface area contributed by atoms with Crippen LogP contribution in [0.25, 0.3) is 0 Å². The summed E-state index contributed by atoms with van der Waals surface area (Å²) in [5.41, 5.74) is 0. The summed E-state index contributed by atoms with van der Waals surface area (Å²) in [5.74, 6) is 0.0791. The molecule has 3 nitrogen and oxygen atoms in total. The van der Waals surface area contributed by atoms with Crippen LogP contribution in [0.5, 0.6) is 0 Å². The van der Waals surface area contributed by atoms with Gasteiger partial charge in [-0.25, -0.2) is 0 Å². The number of hydrogen-bond donors (Lipinski definition) is 0. The van der Waals surface area contributed by atoms with Crippen molar-refractivity contribution in [2.24, 2.45) is 0 Å². The van der Waals surface area contributed by atoms with Crippen LogP contribution in [0.1, 0.15) is 14.5 Å². The van der Waals surface area contributed by atoms with E-state index >= 15 is 0 Å². The maximum atomic E-state index is 12.3. The van der Waals surface area contributed by atoms with Gasteiger partial charge in [0.1, 0.15) is 0 Å². The molecule has 0 radical (unpaired) electrons. The zero-order valence-electron chi connectivity index (χ0n) is 10.2. The van der Waals surface area contributed by atoms with E-state index in [2.05, 4.69) is 0 Å². The molecule has 0 aliphatic rings. The first-order chi connectivity index (χ1) is 8.81. The van der Waals surface area contributed by atoms with Crippen LogP contribution in [0.15, 0.2) is 35.0 Å². The summed E-state index contributed by atoms with van der Waals surface area (Å²) in [6.07, 6.45) is 0. The van der Waals surface area contributed by atoms with Gasteiger partial charge in [0.2, 0.25) is 0 Å². The SMILES string of the molecule is COCCN(Cc1cccs1)C(=O)c1cccs1. The zero-order chi connectivity index (χ0) is 12.8. The van der Waals surface area contributed by atoms with Gasteiger partial charge in [-0.2, -0.15) is 0 Å². The monoisotopic (exact) mass is 281 g/mol. The predicted molar refractivity (Wildman–Crippen MR) is 75.3 cm³/mol. The van der Waals surface area contributed by atoms with Gasteiger partial charge in [0, 0.05) is 18.5 Å². The maximum absolute atomic E-state index is 12.3. The van der Waals surface area contributed by atoms with Crippen LogP contribution in [-0.2, 0) is 11.3 Å². The second kappa shape index (κ2) is 6.68. The van der Waals surface area contributed by atoms with Gasteiger partial charge in [-0.05, 0) is 22.9 Å². The molecule has 0 spiro atoms. The Morgan fingerprint density at radius 3 is 2.67 bits per heavy atom. The molecule has 0 aromatic carbocycles. The normalized spacial score (nSPS) is 10.5. The van der Waals surface area contributed by atoms with Gasteiger partial charge in [0.25, 0.3) is 5.91 Å².